The normalized spacial score (nSPS) is 23.8. The maximum absolute atomic E-state index is 12.2. The second-order valence-corrected chi connectivity index (χ2v) is 6.45. The van der Waals surface area contributed by atoms with Gasteiger partial charge in [-0.15, -0.1) is 0 Å². The van der Waals surface area contributed by atoms with Gasteiger partial charge in [0.15, 0.2) is 0 Å². The summed E-state index contributed by atoms with van der Waals surface area (Å²) < 4.78 is 11.4. The largest absolute Gasteiger partial charge is 0.330 e. The van der Waals surface area contributed by atoms with Crippen LogP contribution in [0, 0.1) is 5.41 Å². The van der Waals surface area contributed by atoms with E-state index in [9.17, 15) is 18.6 Å². The fourth-order valence-electron chi connectivity index (χ4n) is 2.24. The van der Waals surface area contributed by atoms with Crippen LogP contribution in [0.25, 0.3) is 0 Å². The van der Waals surface area contributed by atoms with Crippen molar-refractivity contribution in [2.75, 3.05) is 18.1 Å². The predicted molar refractivity (Wildman–Crippen MR) is 65.1 cm³/mol. The van der Waals surface area contributed by atoms with E-state index < -0.39 is 34.1 Å². The molecule has 0 radical (unpaired) electrons. The van der Waals surface area contributed by atoms with Crippen LogP contribution in [-0.4, -0.2) is 45.0 Å². The molecule has 4 amide bonds. The molecule has 2 aliphatic rings. The molecular formula is C11H16N2O4S. The molecule has 1 atom stereocenters. The van der Waals surface area contributed by atoms with Crippen LogP contribution in [-0.2, 0) is 20.4 Å². The number of hydrogen-bond acceptors (Lipinski definition) is 4. The first-order valence-corrected chi connectivity index (χ1v) is 7.52. The number of hydrogen-bond donors (Lipinski definition) is 1. The van der Waals surface area contributed by atoms with Crippen molar-refractivity contribution < 1.29 is 18.6 Å². The van der Waals surface area contributed by atoms with Crippen molar-refractivity contribution in [3.63, 3.8) is 0 Å². The van der Waals surface area contributed by atoms with Gasteiger partial charge in [-0.25, -0.2) is 4.79 Å². The van der Waals surface area contributed by atoms with Gasteiger partial charge in [-0.2, -0.15) is 0 Å². The van der Waals surface area contributed by atoms with E-state index in [-0.39, 0.29) is 12.3 Å². The fraction of sp³-hybridized carbons (Fsp3) is 0.727. The minimum absolute atomic E-state index is 0.111. The molecule has 7 heteroatoms. The first-order valence-electron chi connectivity index (χ1n) is 6.03. The maximum atomic E-state index is 12.2. The number of carbonyl (C=O) groups is 3. The Hall–Kier alpha value is -1.24. The van der Waals surface area contributed by atoms with Gasteiger partial charge in [0, 0.05) is 28.9 Å². The lowest BCUT2D eigenvalue weighted by atomic mass is 9.66. The highest BCUT2D eigenvalue weighted by atomic mass is 32.2. The topological polar surface area (TPSA) is 83.6 Å². The molecule has 1 saturated carbocycles. The molecule has 0 aromatic carbocycles. The van der Waals surface area contributed by atoms with Crippen LogP contribution in [0.15, 0.2) is 0 Å². The van der Waals surface area contributed by atoms with Crippen LogP contribution in [0.3, 0.4) is 0 Å². The highest BCUT2D eigenvalue weighted by Crippen LogP contribution is 2.44. The standard InChI is InChI=1S/C11H16N2O4S/c1-2-18(17)7-6-13-9(15)11(4-3-5-11)8(14)12-10(13)16/h2-7H2,1H3,(H,12,14,16). The quantitative estimate of drug-likeness (QED) is 0.730. The Labute approximate surface area is 108 Å². The molecule has 18 heavy (non-hydrogen) atoms. The molecule has 1 aliphatic heterocycles. The SMILES string of the molecule is CCS(=O)CCN1C(=O)NC(=O)C2(CCC2)C1=O. The van der Waals surface area contributed by atoms with Crippen LogP contribution in [0.4, 0.5) is 4.79 Å². The van der Waals surface area contributed by atoms with Gasteiger partial charge in [0.25, 0.3) is 0 Å². The molecule has 0 bridgehead atoms. The highest BCUT2D eigenvalue weighted by Gasteiger charge is 2.57. The summed E-state index contributed by atoms with van der Waals surface area (Å²) in [5, 5.41) is 2.22. The number of urea groups is 1. The molecule has 1 heterocycles. The van der Waals surface area contributed by atoms with Gasteiger partial charge >= 0.3 is 6.03 Å². The van der Waals surface area contributed by atoms with Gasteiger partial charge in [-0.05, 0) is 12.8 Å². The van der Waals surface area contributed by atoms with E-state index in [1.54, 1.807) is 6.92 Å². The van der Waals surface area contributed by atoms with Crippen molar-refractivity contribution in [3.05, 3.63) is 0 Å². The van der Waals surface area contributed by atoms with Crippen molar-refractivity contribution in [3.8, 4) is 0 Å². The first kappa shape index (κ1) is 13.2. The number of rotatable bonds is 4. The Morgan fingerprint density at radius 1 is 1.33 bits per heavy atom. The van der Waals surface area contributed by atoms with E-state index in [1.165, 1.54) is 0 Å². The highest BCUT2D eigenvalue weighted by molar-refractivity contribution is 7.84. The molecule has 2 fully saturated rings. The van der Waals surface area contributed by atoms with Crippen LogP contribution >= 0.6 is 0 Å². The third kappa shape index (κ3) is 1.96. The van der Waals surface area contributed by atoms with E-state index in [2.05, 4.69) is 5.32 Å². The summed E-state index contributed by atoms with van der Waals surface area (Å²) >= 11 is 0. The molecule has 1 saturated heterocycles. The van der Waals surface area contributed by atoms with Gasteiger partial charge in [0.05, 0.1) is 0 Å². The Kier molecular flexibility index (Phi) is 3.52. The van der Waals surface area contributed by atoms with E-state index in [1.807, 2.05) is 0 Å². The van der Waals surface area contributed by atoms with Crippen molar-refractivity contribution in [1.29, 1.82) is 0 Å². The van der Waals surface area contributed by atoms with Gasteiger partial charge in [-0.3, -0.25) is 24.0 Å². The van der Waals surface area contributed by atoms with Gasteiger partial charge < -0.3 is 0 Å². The zero-order valence-electron chi connectivity index (χ0n) is 10.2. The second-order valence-electron chi connectivity index (χ2n) is 4.58. The number of carbonyl (C=O) groups excluding carboxylic acids is 3. The fourth-order valence-corrected chi connectivity index (χ4v) is 2.92. The number of nitrogens with zero attached hydrogens (tertiary/aromatic N) is 1. The van der Waals surface area contributed by atoms with Crippen molar-refractivity contribution in [2.45, 2.75) is 26.2 Å². The number of imide groups is 2. The van der Waals surface area contributed by atoms with Gasteiger partial charge in [0.1, 0.15) is 5.41 Å². The summed E-state index contributed by atoms with van der Waals surface area (Å²) in [5.74, 6) is -0.139. The van der Waals surface area contributed by atoms with Gasteiger partial charge in [-0.1, -0.05) is 13.3 Å². The lowest BCUT2D eigenvalue weighted by Crippen LogP contribution is -2.66. The predicted octanol–water partition coefficient (Wildman–Crippen LogP) is 0.00370. The first-order chi connectivity index (χ1) is 8.51. The Bertz CT molecular complexity index is 431. The van der Waals surface area contributed by atoms with Crippen molar-refractivity contribution >= 4 is 28.6 Å². The molecule has 1 spiro atoms. The third-order valence-electron chi connectivity index (χ3n) is 3.63. The molecule has 1 aliphatic carbocycles. The Morgan fingerprint density at radius 3 is 2.50 bits per heavy atom. The van der Waals surface area contributed by atoms with E-state index in [4.69, 9.17) is 0 Å². The smallest absolute Gasteiger partial charge is 0.277 e. The van der Waals surface area contributed by atoms with E-state index in [0.717, 1.165) is 11.3 Å². The molecule has 0 aromatic rings. The summed E-state index contributed by atoms with van der Waals surface area (Å²) in [6, 6.07) is -0.685. The van der Waals surface area contributed by atoms with Crippen LogP contribution in [0.5, 0.6) is 0 Å². The Morgan fingerprint density at radius 2 is 2.00 bits per heavy atom. The summed E-state index contributed by atoms with van der Waals surface area (Å²) in [6.07, 6.45) is 1.82. The van der Waals surface area contributed by atoms with E-state index >= 15 is 0 Å². The van der Waals surface area contributed by atoms with Crippen LogP contribution in [0.1, 0.15) is 26.2 Å². The third-order valence-corrected chi connectivity index (χ3v) is 4.91. The molecule has 6 nitrogen and oxygen atoms in total. The average Bonchev–Trinajstić information content (AvgIpc) is 2.26. The number of barbiturate groups is 1. The minimum Gasteiger partial charge on any atom is -0.277 e. The average molecular weight is 272 g/mol. The summed E-state index contributed by atoms with van der Waals surface area (Å²) in [7, 11) is -1.03. The summed E-state index contributed by atoms with van der Waals surface area (Å²) in [6.45, 7) is 1.89. The molecule has 0 aromatic heterocycles. The van der Waals surface area contributed by atoms with Crippen molar-refractivity contribution in [2.24, 2.45) is 5.41 Å². The van der Waals surface area contributed by atoms with Crippen molar-refractivity contribution in [1.82, 2.24) is 10.2 Å². The van der Waals surface area contributed by atoms with E-state index in [0.29, 0.717) is 18.6 Å². The minimum atomic E-state index is -1.03. The number of amides is 4. The molecule has 2 rings (SSSR count). The molecule has 100 valence electrons. The monoisotopic (exact) mass is 272 g/mol. The van der Waals surface area contributed by atoms with Crippen LogP contribution in [0.2, 0.25) is 0 Å². The lowest BCUT2D eigenvalue weighted by Gasteiger charge is -2.44. The molecule has 1 unspecified atom stereocenters. The lowest BCUT2D eigenvalue weighted by molar-refractivity contribution is -0.157. The van der Waals surface area contributed by atoms with Gasteiger partial charge in [0.2, 0.25) is 11.8 Å². The maximum Gasteiger partial charge on any atom is 0.330 e. The summed E-state index contributed by atoms with van der Waals surface area (Å²) in [4.78, 5) is 36.6. The zero-order valence-corrected chi connectivity index (χ0v) is 11.0. The zero-order chi connectivity index (χ0) is 13.3. The number of nitrogens with one attached hydrogen (secondary N) is 1. The molecule has 1 N–H and O–H groups in total. The second kappa shape index (κ2) is 4.79. The molecular weight excluding hydrogens is 256 g/mol. The van der Waals surface area contributed by atoms with Crippen LogP contribution < -0.4 is 5.32 Å². The Balaban J connectivity index is 2.09. The summed E-state index contributed by atoms with van der Waals surface area (Å²) in [5.41, 5.74) is -1.03.